The molecule has 0 saturated heterocycles. The average molecular weight is 329 g/mol. The van der Waals surface area contributed by atoms with Gasteiger partial charge >= 0.3 is 11.9 Å². The van der Waals surface area contributed by atoms with Crippen molar-refractivity contribution in [2.45, 2.75) is 26.3 Å². The number of methoxy groups -OCH3 is 1. The molecular formula is C16H21ClO5. The lowest BCUT2D eigenvalue weighted by atomic mass is 9.93. The van der Waals surface area contributed by atoms with Gasteiger partial charge in [-0.1, -0.05) is 24.3 Å². The molecule has 0 radical (unpaired) electrons. The molecule has 122 valence electrons. The molecule has 5 nitrogen and oxygen atoms in total. The lowest BCUT2D eigenvalue weighted by molar-refractivity contribution is -0.167. The van der Waals surface area contributed by atoms with Crippen molar-refractivity contribution < 1.29 is 23.8 Å². The Morgan fingerprint density at radius 2 is 1.68 bits per heavy atom. The number of benzene rings is 1. The molecular weight excluding hydrogens is 308 g/mol. The summed E-state index contributed by atoms with van der Waals surface area (Å²) in [6.45, 7) is 3.08. The number of esters is 2. The molecule has 0 aliphatic heterocycles. The Balaban J connectivity index is 2.63. The highest BCUT2D eigenvalue weighted by atomic mass is 35.5. The number of hydrogen-bond acceptors (Lipinski definition) is 5. The van der Waals surface area contributed by atoms with E-state index in [1.807, 2.05) is 24.3 Å². The van der Waals surface area contributed by atoms with Crippen molar-refractivity contribution in [2.24, 2.45) is 5.41 Å². The number of carbonyl (C=O) groups excluding carboxylic acids is 2. The Bertz CT molecular complexity index is 500. The van der Waals surface area contributed by atoms with Crippen LogP contribution < -0.4 is 0 Å². The van der Waals surface area contributed by atoms with Crippen LogP contribution in [0.1, 0.15) is 25.0 Å². The molecule has 6 heteroatoms. The second-order valence-corrected chi connectivity index (χ2v) is 5.57. The minimum Gasteiger partial charge on any atom is -0.465 e. The van der Waals surface area contributed by atoms with E-state index in [0.29, 0.717) is 5.88 Å². The number of hydrogen-bond donors (Lipinski definition) is 0. The molecule has 0 heterocycles. The fourth-order valence-corrected chi connectivity index (χ4v) is 1.96. The SMILES string of the molecule is COCC(C)(COC(C)=O)C(=O)OCc1ccc(CCl)cc1. The summed E-state index contributed by atoms with van der Waals surface area (Å²) in [6, 6.07) is 7.46. The van der Waals surface area contributed by atoms with Crippen molar-refractivity contribution in [1.82, 2.24) is 0 Å². The van der Waals surface area contributed by atoms with Crippen LogP contribution in [-0.4, -0.2) is 32.3 Å². The number of carbonyl (C=O) groups is 2. The van der Waals surface area contributed by atoms with Gasteiger partial charge in [0, 0.05) is 19.9 Å². The van der Waals surface area contributed by atoms with Crippen LogP contribution >= 0.6 is 11.6 Å². The first-order valence-electron chi connectivity index (χ1n) is 6.84. The van der Waals surface area contributed by atoms with Gasteiger partial charge in [-0.05, 0) is 18.1 Å². The van der Waals surface area contributed by atoms with E-state index in [1.165, 1.54) is 14.0 Å². The smallest absolute Gasteiger partial charge is 0.317 e. The van der Waals surface area contributed by atoms with Gasteiger partial charge in [-0.25, -0.2) is 0 Å². The second-order valence-electron chi connectivity index (χ2n) is 5.30. The third-order valence-corrected chi connectivity index (χ3v) is 3.41. The van der Waals surface area contributed by atoms with Gasteiger partial charge in [0.05, 0.1) is 6.61 Å². The predicted molar refractivity (Wildman–Crippen MR) is 82.4 cm³/mol. The van der Waals surface area contributed by atoms with Gasteiger partial charge < -0.3 is 14.2 Å². The number of halogens is 1. The number of rotatable bonds is 8. The van der Waals surface area contributed by atoms with Crippen LogP contribution in [0.5, 0.6) is 0 Å². The van der Waals surface area contributed by atoms with Crippen molar-refractivity contribution in [2.75, 3.05) is 20.3 Å². The van der Waals surface area contributed by atoms with Gasteiger partial charge in [0.15, 0.2) is 0 Å². The normalized spacial score (nSPS) is 13.3. The Labute approximate surface area is 135 Å². The van der Waals surface area contributed by atoms with Gasteiger partial charge in [-0.15, -0.1) is 11.6 Å². The van der Waals surface area contributed by atoms with Crippen LogP contribution in [0, 0.1) is 5.41 Å². The fourth-order valence-electron chi connectivity index (χ4n) is 1.79. The summed E-state index contributed by atoms with van der Waals surface area (Å²) in [5.74, 6) is -0.488. The van der Waals surface area contributed by atoms with Gasteiger partial charge in [0.25, 0.3) is 0 Å². The zero-order valence-corrected chi connectivity index (χ0v) is 13.8. The lowest BCUT2D eigenvalue weighted by Gasteiger charge is -2.25. The predicted octanol–water partition coefficient (Wildman–Crippen LogP) is 2.68. The highest BCUT2D eigenvalue weighted by Crippen LogP contribution is 2.21. The van der Waals surface area contributed by atoms with Gasteiger partial charge in [0.1, 0.15) is 18.6 Å². The molecule has 1 aromatic rings. The molecule has 1 atom stereocenters. The summed E-state index contributed by atoms with van der Waals surface area (Å²) in [4.78, 5) is 23.2. The Hall–Kier alpha value is -1.59. The van der Waals surface area contributed by atoms with Crippen LogP contribution in [0.25, 0.3) is 0 Å². The third kappa shape index (κ3) is 5.66. The average Bonchev–Trinajstić information content (AvgIpc) is 2.51. The van der Waals surface area contributed by atoms with E-state index in [2.05, 4.69) is 0 Å². The molecule has 1 aromatic carbocycles. The van der Waals surface area contributed by atoms with Crippen LogP contribution in [0.15, 0.2) is 24.3 Å². The molecule has 0 fully saturated rings. The standard InChI is InChI=1S/C16H21ClO5/c1-12(18)22-11-16(2,10-20-3)15(19)21-9-14-6-4-13(8-17)5-7-14/h4-7H,8-11H2,1-3H3. The molecule has 0 amide bonds. The Morgan fingerprint density at radius 3 is 2.18 bits per heavy atom. The molecule has 1 unspecified atom stereocenters. The maximum absolute atomic E-state index is 12.2. The summed E-state index contributed by atoms with van der Waals surface area (Å²) in [7, 11) is 1.48. The van der Waals surface area contributed by atoms with Crippen LogP contribution in [-0.2, 0) is 36.3 Å². The zero-order chi connectivity index (χ0) is 16.6. The highest BCUT2D eigenvalue weighted by molar-refractivity contribution is 6.17. The van der Waals surface area contributed by atoms with E-state index in [4.69, 9.17) is 25.8 Å². The summed E-state index contributed by atoms with van der Waals surface area (Å²) in [6.07, 6.45) is 0. The lowest BCUT2D eigenvalue weighted by Crippen LogP contribution is -2.39. The van der Waals surface area contributed by atoms with Crippen molar-refractivity contribution in [1.29, 1.82) is 0 Å². The first kappa shape index (κ1) is 18.5. The fraction of sp³-hybridized carbons (Fsp3) is 0.500. The molecule has 0 spiro atoms. The Kier molecular flexibility index (Phi) is 7.35. The summed E-state index contributed by atoms with van der Waals surface area (Å²) < 4.78 is 15.3. The van der Waals surface area contributed by atoms with Gasteiger partial charge in [-0.3, -0.25) is 9.59 Å². The van der Waals surface area contributed by atoms with Crippen molar-refractivity contribution in [3.63, 3.8) is 0 Å². The zero-order valence-electron chi connectivity index (χ0n) is 13.1. The monoisotopic (exact) mass is 328 g/mol. The summed E-state index contributed by atoms with van der Waals surface area (Å²) >= 11 is 5.72. The van der Waals surface area contributed by atoms with Crippen LogP contribution in [0.3, 0.4) is 0 Å². The molecule has 22 heavy (non-hydrogen) atoms. The minimum atomic E-state index is -1.03. The molecule has 0 aliphatic carbocycles. The number of ether oxygens (including phenoxy) is 3. The Morgan fingerprint density at radius 1 is 1.09 bits per heavy atom. The maximum Gasteiger partial charge on any atom is 0.317 e. The highest BCUT2D eigenvalue weighted by Gasteiger charge is 2.36. The van der Waals surface area contributed by atoms with Gasteiger partial charge in [0.2, 0.25) is 0 Å². The van der Waals surface area contributed by atoms with E-state index in [0.717, 1.165) is 11.1 Å². The van der Waals surface area contributed by atoms with E-state index >= 15 is 0 Å². The second kappa shape index (κ2) is 8.76. The maximum atomic E-state index is 12.2. The molecule has 1 rings (SSSR count). The molecule has 0 bridgehead atoms. The topological polar surface area (TPSA) is 61.8 Å². The summed E-state index contributed by atoms with van der Waals surface area (Å²) in [5, 5.41) is 0. The molecule has 0 aromatic heterocycles. The quantitative estimate of drug-likeness (QED) is 0.542. The first-order chi connectivity index (χ1) is 10.4. The molecule has 0 aliphatic rings. The van der Waals surface area contributed by atoms with E-state index in [-0.39, 0.29) is 19.8 Å². The van der Waals surface area contributed by atoms with E-state index in [9.17, 15) is 9.59 Å². The van der Waals surface area contributed by atoms with Crippen molar-refractivity contribution in [3.8, 4) is 0 Å². The van der Waals surface area contributed by atoms with Crippen LogP contribution in [0.4, 0.5) is 0 Å². The third-order valence-electron chi connectivity index (χ3n) is 3.10. The summed E-state index contributed by atoms with van der Waals surface area (Å²) in [5.41, 5.74) is 0.821. The molecule has 0 N–H and O–H groups in total. The first-order valence-corrected chi connectivity index (χ1v) is 7.38. The van der Waals surface area contributed by atoms with Crippen LogP contribution in [0.2, 0.25) is 0 Å². The van der Waals surface area contributed by atoms with Crippen molar-refractivity contribution in [3.05, 3.63) is 35.4 Å². The number of alkyl halides is 1. The largest absolute Gasteiger partial charge is 0.465 e. The van der Waals surface area contributed by atoms with Crippen molar-refractivity contribution >= 4 is 23.5 Å². The van der Waals surface area contributed by atoms with E-state index in [1.54, 1.807) is 6.92 Å². The van der Waals surface area contributed by atoms with E-state index < -0.39 is 17.4 Å². The molecule has 0 saturated carbocycles. The minimum absolute atomic E-state index is 0.0831. The van der Waals surface area contributed by atoms with Gasteiger partial charge in [-0.2, -0.15) is 0 Å².